The van der Waals surface area contributed by atoms with Crippen molar-refractivity contribution in [2.24, 2.45) is 11.8 Å². The van der Waals surface area contributed by atoms with Gasteiger partial charge in [-0.2, -0.15) is 4.31 Å². The SMILES string of the molecule is CCC(C)[C@H](NC(=O)C(C)NC)C(=O)N[C@@H](Cc1ccccc1)C(O)CN(CC(C)C)S(=O)(=O)c1ccc(OC)cc1. The molecule has 3 unspecified atom stereocenters. The number of hydrogen-bond acceptors (Lipinski definition) is 7. The maximum atomic E-state index is 13.7. The van der Waals surface area contributed by atoms with Gasteiger partial charge in [-0.15, -0.1) is 0 Å². The summed E-state index contributed by atoms with van der Waals surface area (Å²) in [6.07, 6.45) is -0.342. The lowest BCUT2D eigenvalue weighted by Crippen LogP contribution is -2.58. The number of nitrogens with zero attached hydrogens (tertiary/aromatic N) is 1. The molecular weight excluding hydrogens is 556 g/mol. The van der Waals surface area contributed by atoms with Crippen molar-refractivity contribution in [1.29, 1.82) is 0 Å². The smallest absolute Gasteiger partial charge is 0.243 e. The van der Waals surface area contributed by atoms with Crippen LogP contribution in [0.5, 0.6) is 5.75 Å². The third-order valence-corrected chi connectivity index (χ3v) is 9.21. The van der Waals surface area contributed by atoms with Gasteiger partial charge >= 0.3 is 0 Å². The van der Waals surface area contributed by atoms with Crippen LogP contribution in [0.15, 0.2) is 59.5 Å². The number of aliphatic hydroxyl groups excluding tert-OH is 1. The molecule has 11 heteroatoms. The summed E-state index contributed by atoms with van der Waals surface area (Å²) < 4.78 is 33.8. The van der Waals surface area contributed by atoms with E-state index in [0.29, 0.717) is 12.2 Å². The van der Waals surface area contributed by atoms with Crippen LogP contribution in [0.1, 0.15) is 46.6 Å². The van der Waals surface area contributed by atoms with E-state index in [9.17, 15) is 23.1 Å². The topological polar surface area (TPSA) is 137 Å². The highest BCUT2D eigenvalue weighted by atomic mass is 32.2. The minimum Gasteiger partial charge on any atom is -0.497 e. The minimum atomic E-state index is -3.97. The number of benzene rings is 2. The predicted molar refractivity (Wildman–Crippen MR) is 165 cm³/mol. The van der Waals surface area contributed by atoms with E-state index in [1.807, 2.05) is 58.0 Å². The van der Waals surface area contributed by atoms with Gasteiger partial charge in [0.2, 0.25) is 21.8 Å². The Labute approximate surface area is 251 Å². The zero-order valence-electron chi connectivity index (χ0n) is 25.8. The Bertz CT molecular complexity index is 1220. The lowest BCUT2D eigenvalue weighted by molar-refractivity contribution is -0.131. The molecule has 5 atom stereocenters. The maximum Gasteiger partial charge on any atom is 0.243 e. The molecule has 2 rings (SSSR count). The molecule has 0 aliphatic carbocycles. The fourth-order valence-corrected chi connectivity index (χ4v) is 6.07. The van der Waals surface area contributed by atoms with E-state index in [1.54, 1.807) is 26.1 Å². The summed E-state index contributed by atoms with van der Waals surface area (Å²) in [6.45, 7) is 9.25. The van der Waals surface area contributed by atoms with Crippen molar-refractivity contribution in [3.05, 3.63) is 60.2 Å². The van der Waals surface area contributed by atoms with Crippen molar-refractivity contribution < 1.29 is 27.9 Å². The summed E-state index contributed by atoms with van der Waals surface area (Å²) in [7, 11) is -0.803. The van der Waals surface area contributed by atoms with E-state index in [1.165, 1.54) is 23.5 Å². The lowest BCUT2D eigenvalue weighted by Gasteiger charge is -2.32. The number of ether oxygens (including phenoxy) is 1. The van der Waals surface area contributed by atoms with Gasteiger partial charge in [0.25, 0.3) is 0 Å². The monoisotopic (exact) mass is 604 g/mol. The Morgan fingerprint density at radius 2 is 1.55 bits per heavy atom. The first-order valence-electron chi connectivity index (χ1n) is 14.5. The van der Waals surface area contributed by atoms with E-state index >= 15 is 0 Å². The normalized spacial score (nSPS) is 15.5. The number of amides is 2. The number of carbonyl (C=O) groups is 2. The maximum absolute atomic E-state index is 13.7. The van der Waals surface area contributed by atoms with E-state index in [0.717, 1.165) is 5.56 Å². The average molecular weight is 605 g/mol. The molecule has 0 saturated heterocycles. The number of aliphatic hydroxyl groups is 1. The van der Waals surface area contributed by atoms with Crippen LogP contribution in [0, 0.1) is 11.8 Å². The second-order valence-corrected chi connectivity index (χ2v) is 13.1. The van der Waals surface area contributed by atoms with Gasteiger partial charge in [0.15, 0.2) is 0 Å². The average Bonchev–Trinajstić information content (AvgIpc) is 2.98. The highest BCUT2D eigenvalue weighted by molar-refractivity contribution is 7.89. The fourth-order valence-electron chi connectivity index (χ4n) is 4.45. The Hall–Kier alpha value is -2.99. The van der Waals surface area contributed by atoms with Crippen molar-refractivity contribution in [1.82, 2.24) is 20.3 Å². The van der Waals surface area contributed by atoms with Crippen LogP contribution in [-0.4, -0.2) is 81.1 Å². The molecule has 0 aliphatic rings. The molecule has 10 nitrogen and oxygen atoms in total. The van der Waals surface area contributed by atoms with Crippen LogP contribution in [0.4, 0.5) is 0 Å². The third-order valence-electron chi connectivity index (χ3n) is 7.37. The van der Waals surface area contributed by atoms with Crippen molar-refractivity contribution >= 4 is 21.8 Å². The molecule has 0 spiro atoms. The Morgan fingerprint density at radius 3 is 2.07 bits per heavy atom. The van der Waals surface area contributed by atoms with E-state index < -0.39 is 40.2 Å². The van der Waals surface area contributed by atoms with Gasteiger partial charge in [0.1, 0.15) is 11.8 Å². The van der Waals surface area contributed by atoms with Gasteiger partial charge in [0.05, 0.1) is 30.2 Å². The van der Waals surface area contributed by atoms with Gasteiger partial charge in [-0.25, -0.2) is 8.42 Å². The van der Waals surface area contributed by atoms with Gasteiger partial charge in [-0.1, -0.05) is 64.4 Å². The standard InChI is InChI=1S/C31H48N4O6S/c1-8-22(4)29(34-30(37)23(5)32-6)31(38)33-27(18-24-12-10-9-11-13-24)28(36)20-35(19-21(2)3)42(39,40)26-16-14-25(41-7)15-17-26/h9-17,21-23,27-29,32,36H,8,18-20H2,1-7H3,(H,33,38)(H,34,37)/t22?,23?,27-,28?,29-/m0/s1. The molecule has 2 amide bonds. The van der Waals surface area contributed by atoms with E-state index in [2.05, 4.69) is 16.0 Å². The fraction of sp³-hybridized carbons (Fsp3) is 0.548. The molecule has 0 radical (unpaired) electrons. The number of methoxy groups -OCH3 is 1. The molecular formula is C31H48N4O6S. The minimum absolute atomic E-state index is 0.0217. The van der Waals surface area contributed by atoms with E-state index in [4.69, 9.17) is 4.74 Å². The number of carbonyl (C=O) groups excluding carboxylic acids is 2. The summed E-state index contributed by atoms with van der Waals surface area (Å²) >= 11 is 0. The summed E-state index contributed by atoms with van der Waals surface area (Å²) in [5, 5.41) is 20.2. The van der Waals surface area contributed by atoms with E-state index in [-0.39, 0.29) is 42.1 Å². The summed E-state index contributed by atoms with van der Waals surface area (Å²) in [6, 6.07) is 13.3. The number of nitrogens with one attached hydrogen (secondary N) is 3. The molecule has 4 N–H and O–H groups in total. The van der Waals surface area contributed by atoms with Gasteiger partial charge in [-0.05, 0) is 62.1 Å². The zero-order valence-corrected chi connectivity index (χ0v) is 26.6. The molecule has 0 aromatic heterocycles. The van der Waals surface area contributed by atoms with Crippen LogP contribution >= 0.6 is 0 Å². The second kappa shape index (κ2) is 16.6. The van der Waals surface area contributed by atoms with Crippen molar-refractivity contribution in [2.45, 2.75) is 76.6 Å². The van der Waals surface area contributed by atoms with Gasteiger partial charge in [0, 0.05) is 13.1 Å². The molecule has 0 aliphatic heterocycles. The zero-order chi connectivity index (χ0) is 31.4. The first kappa shape index (κ1) is 35.2. The first-order valence-corrected chi connectivity index (χ1v) is 15.9. The number of hydrogen-bond donors (Lipinski definition) is 4. The van der Waals surface area contributed by atoms with Crippen molar-refractivity contribution in [3.63, 3.8) is 0 Å². The van der Waals surface area contributed by atoms with Crippen molar-refractivity contribution in [2.75, 3.05) is 27.2 Å². The molecule has 2 aromatic rings. The predicted octanol–water partition coefficient (Wildman–Crippen LogP) is 2.57. The Balaban J connectivity index is 2.39. The molecule has 234 valence electrons. The highest BCUT2D eigenvalue weighted by Crippen LogP contribution is 2.22. The van der Waals surface area contributed by atoms with Crippen molar-refractivity contribution in [3.8, 4) is 5.75 Å². The Kier molecular flexibility index (Phi) is 13.9. The summed E-state index contributed by atoms with van der Waals surface area (Å²) in [4.78, 5) is 26.4. The molecule has 0 bridgehead atoms. The molecule has 2 aromatic carbocycles. The van der Waals surface area contributed by atoms with Gasteiger partial charge < -0.3 is 25.8 Å². The summed E-state index contributed by atoms with van der Waals surface area (Å²) in [5.74, 6) is -0.421. The lowest BCUT2D eigenvalue weighted by atomic mass is 9.95. The third kappa shape index (κ3) is 10.1. The summed E-state index contributed by atoms with van der Waals surface area (Å²) in [5.41, 5.74) is 0.864. The Morgan fingerprint density at radius 1 is 0.929 bits per heavy atom. The van der Waals surface area contributed by atoms with Crippen LogP contribution in [0.3, 0.4) is 0 Å². The molecule has 0 fully saturated rings. The molecule has 42 heavy (non-hydrogen) atoms. The van der Waals surface area contributed by atoms with Crippen LogP contribution in [0.2, 0.25) is 0 Å². The largest absolute Gasteiger partial charge is 0.497 e. The first-order chi connectivity index (χ1) is 19.8. The second-order valence-electron chi connectivity index (χ2n) is 11.1. The number of rotatable bonds is 17. The van der Waals surface area contributed by atoms with Crippen LogP contribution < -0.4 is 20.7 Å². The quantitative estimate of drug-likeness (QED) is 0.218. The molecule has 0 heterocycles. The highest BCUT2D eigenvalue weighted by Gasteiger charge is 2.34. The van der Waals surface area contributed by atoms with Gasteiger partial charge in [-0.3, -0.25) is 9.59 Å². The number of sulfonamides is 1. The van der Waals surface area contributed by atoms with Crippen LogP contribution in [0.25, 0.3) is 0 Å². The molecule has 0 saturated carbocycles. The van der Waals surface area contributed by atoms with Crippen LogP contribution in [-0.2, 0) is 26.0 Å². The number of likely N-dealkylation sites (N-methyl/N-ethyl adjacent to an activating group) is 1.